The number of benzene rings is 2. The average Bonchev–Trinajstić information content (AvgIpc) is 2.39. The number of hydrogen-bond acceptors (Lipinski definition) is 2. The van der Waals surface area contributed by atoms with E-state index < -0.39 is 18.2 Å². The van der Waals surface area contributed by atoms with E-state index in [1.807, 2.05) is 0 Å². The van der Waals surface area contributed by atoms with E-state index in [1.165, 1.54) is 30.3 Å². The van der Waals surface area contributed by atoms with Gasteiger partial charge in [0.25, 0.3) is 0 Å². The first-order valence-electron chi connectivity index (χ1n) is 5.83. The first-order valence-corrected chi connectivity index (χ1v) is 6.62. The highest BCUT2D eigenvalue weighted by Gasteiger charge is 2.31. The van der Waals surface area contributed by atoms with Crippen molar-refractivity contribution in [2.75, 3.05) is 0 Å². The fourth-order valence-corrected chi connectivity index (χ4v) is 2.36. The molecule has 1 unspecified atom stereocenters. The normalized spacial score (nSPS) is 13.0. The lowest BCUT2D eigenvalue weighted by Gasteiger charge is -2.16. The Kier molecular flexibility index (Phi) is 4.53. The molecule has 0 aromatic heterocycles. The van der Waals surface area contributed by atoms with Gasteiger partial charge in [0.1, 0.15) is 11.6 Å². The molecule has 0 amide bonds. The van der Waals surface area contributed by atoms with Crippen molar-refractivity contribution in [3.63, 3.8) is 0 Å². The van der Waals surface area contributed by atoms with Crippen LogP contribution in [0.5, 0.6) is 5.75 Å². The number of halogens is 5. The van der Waals surface area contributed by atoms with Gasteiger partial charge >= 0.3 is 6.36 Å². The summed E-state index contributed by atoms with van der Waals surface area (Å²) in [5, 5.41) is 0. The summed E-state index contributed by atoms with van der Waals surface area (Å²) in [7, 11) is 0. The van der Waals surface area contributed by atoms with Crippen LogP contribution in [-0.4, -0.2) is 6.36 Å². The molecule has 0 saturated carbocycles. The minimum atomic E-state index is -4.78. The van der Waals surface area contributed by atoms with Gasteiger partial charge in [0.2, 0.25) is 0 Å². The highest BCUT2D eigenvalue weighted by molar-refractivity contribution is 9.10. The number of ether oxygens (including phenoxy) is 1. The van der Waals surface area contributed by atoms with Crippen LogP contribution in [-0.2, 0) is 0 Å². The second-order valence-corrected chi connectivity index (χ2v) is 5.03. The minimum absolute atomic E-state index is 0.180. The van der Waals surface area contributed by atoms with Gasteiger partial charge < -0.3 is 10.5 Å². The molecule has 0 radical (unpaired) electrons. The van der Waals surface area contributed by atoms with Crippen molar-refractivity contribution in [2.45, 2.75) is 12.4 Å². The maximum absolute atomic E-state index is 13.5. The molecule has 2 rings (SSSR count). The largest absolute Gasteiger partial charge is 0.573 e. The molecule has 2 aromatic rings. The van der Waals surface area contributed by atoms with Gasteiger partial charge in [0.05, 0.1) is 10.5 Å². The van der Waals surface area contributed by atoms with E-state index in [9.17, 15) is 17.6 Å². The molecule has 2 aromatic carbocycles. The van der Waals surface area contributed by atoms with Gasteiger partial charge in [-0.05, 0) is 45.3 Å². The van der Waals surface area contributed by atoms with Crippen molar-refractivity contribution >= 4 is 15.9 Å². The van der Waals surface area contributed by atoms with Crippen molar-refractivity contribution in [1.29, 1.82) is 0 Å². The van der Waals surface area contributed by atoms with Gasteiger partial charge in [-0.1, -0.05) is 24.3 Å². The zero-order chi connectivity index (χ0) is 15.6. The number of rotatable bonds is 3. The maximum atomic E-state index is 13.5. The van der Waals surface area contributed by atoms with Crippen molar-refractivity contribution in [2.24, 2.45) is 5.73 Å². The van der Waals surface area contributed by atoms with Crippen LogP contribution in [0.1, 0.15) is 17.2 Å². The Morgan fingerprint density at radius 3 is 2.43 bits per heavy atom. The first kappa shape index (κ1) is 15.8. The van der Waals surface area contributed by atoms with Gasteiger partial charge in [-0.2, -0.15) is 0 Å². The van der Waals surface area contributed by atoms with E-state index in [4.69, 9.17) is 5.73 Å². The quantitative estimate of drug-likeness (QED) is 0.812. The number of alkyl halides is 3. The molecule has 1 atom stereocenters. The van der Waals surface area contributed by atoms with E-state index in [1.54, 1.807) is 12.1 Å². The van der Waals surface area contributed by atoms with E-state index in [-0.39, 0.29) is 10.2 Å². The highest BCUT2D eigenvalue weighted by Crippen LogP contribution is 2.31. The van der Waals surface area contributed by atoms with Crippen LogP contribution in [0.2, 0.25) is 0 Å². The summed E-state index contributed by atoms with van der Waals surface area (Å²) in [6, 6.07) is 8.82. The lowest BCUT2D eigenvalue weighted by atomic mass is 9.99. The third-order valence-corrected chi connectivity index (χ3v) is 3.60. The predicted octanol–water partition coefficient (Wildman–Crippen LogP) is 4.53. The van der Waals surface area contributed by atoms with Gasteiger partial charge in [-0.25, -0.2) is 4.39 Å². The molecule has 2 nitrogen and oxygen atoms in total. The monoisotopic (exact) mass is 363 g/mol. The van der Waals surface area contributed by atoms with E-state index in [2.05, 4.69) is 20.7 Å². The summed E-state index contributed by atoms with van der Waals surface area (Å²) in [6.07, 6.45) is -4.78. The van der Waals surface area contributed by atoms with Gasteiger partial charge in [-0.15, -0.1) is 13.2 Å². The van der Waals surface area contributed by atoms with Crippen molar-refractivity contribution in [3.8, 4) is 5.75 Å². The zero-order valence-electron chi connectivity index (χ0n) is 10.5. The molecule has 0 heterocycles. The van der Waals surface area contributed by atoms with Crippen LogP contribution in [0.15, 0.2) is 46.9 Å². The average molecular weight is 364 g/mol. The Balaban J connectivity index is 2.33. The fraction of sp³-hybridized carbons (Fsp3) is 0.143. The van der Waals surface area contributed by atoms with Crippen molar-refractivity contribution in [1.82, 2.24) is 0 Å². The molecule has 0 aliphatic rings. The molecule has 0 saturated heterocycles. The maximum Gasteiger partial charge on any atom is 0.573 e. The topological polar surface area (TPSA) is 35.2 Å². The Labute approximate surface area is 126 Å². The molecule has 0 aliphatic heterocycles. The molecule has 21 heavy (non-hydrogen) atoms. The SMILES string of the molecule is NC(c1cccc(OC(F)(F)F)c1)c1cccc(F)c1Br. The third-order valence-electron chi connectivity index (χ3n) is 2.77. The van der Waals surface area contributed by atoms with E-state index in [0.717, 1.165) is 0 Å². The van der Waals surface area contributed by atoms with Crippen LogP contribution in [0.3, 0.4) is 0 Å². The molecular formula is C14H10BrF4NO. The van der Waals surface area contributed by atoms with Crippen LogP contribution in [0.25, 0.3) is 0 Å². The van der Waals surface area contributed by atoms with Crippen LogP contribution in [0.4, 0.5) is 17.6 Å². The molecule has 0 aliphatic carbocycles. The van der Waals surface area contributed by atoms with Gasteiger partial charge in [0, 0.05) is 0 Å². The summed E-state index contributed by atoms with van der Waals surface area (Å²) in [6.45, 7) is 0. The number of hydrogen-bond donors (Lipinski definition) is 1. The van der Waals surface area contributed by atoms with Crippen molar-refractivity contribution < 1.29 is 22.3 Å². The van der Waals surface area contributed by atoms with Gasteiger partial charge in [-0.3, -0.25) is 0 Å². The van der Waals surface area contributed by atoms with Crippen LogP contribution in [0, 0.1) is 5.82 Å². The standard InChI is InChI=1S/C14H10BrF4NO/c15-12-10(5-2-6-11(12)16)13(20)8-3-1-4-9(7-8)21-14(17,18)19/h1-7,13H,20H2. The van der Waals surface area contributed by atoms with Gasteiger partial charge in [0.15, 0.2) is 0 Å². The Hall–Kier alpha value is -1.60. The lowest BCUT2D eigenvalue weighted by molar-refractivity contribution is -0.274. The van der Waals surface area contributed by atoms with Crippen LogP contribution >= 0.6 is 15.9 Å². The summed E-state index contributed by atoms with van der Waals surface area (Å²) in [5.41, 5.74) is 6.79. The second kappa shape index (κ2) is 6.03. The minimum Gasteiger partial charge on any atom is -0.406 e. The lowest BCUT2D eigenvalue weighted by Crippen LogP contribution is -2.18. The molecule has 2 N–H and O–H groups in total. The summed E-state index contributed by atoms with van der Waals surface area (Å²) in [5.74, 6) is -0.867. The second-order valence-electron chi connectivity index (χ2n) is 4.24. The molecular weight excluding hydrogens is 354 g/mol. The molecule has 0 fully saturated rings. The molecule has 0 spiro atoms. The third kappa shape index (κ3) is 3.95. The number of nitrogens with two attached hydrogens (primary N) is 1. The molecule has 0 bridgehead atoms. The fourth-order valence-electron chi connectivity index (χ4n) is 1.85. The van der Waals surface area contributed by atoms with Crippen molar-refractivity contribution in [3.05, 3.63) is 63.9 Å². The summed E-state index contributed by atoms with van der Waals surface area (Å²) >= 11 is 3.08. The molecule has 112 valence electrons. The van der Waals surface area contributed by atoms with E-state index in [0.29, 0.717) is 11.1 Å². The van der Waals surface area contributed by atoms with E-state index >= 15 is 0 Å². The summed E-state index contributed by atoms with van der Waals surface area (Å²) < 4.78 is 54.1. The highest BCUT2D eigenvalue weighted by atomic mass is 79.9. The van der Waals surface area contributed by atoms with Crippen LogP contribution < -0.4 is 10.5 Å². The summed E-state index contributed by atoms with van der Waals surface area (Å²) in [4.78, 5) is 0. The first-order chi connectivity index (χ1) is 9.78. The Morgan fingerprint density at radius 1 is 1.10 bits per heavy atom. The smallest absolute Gasteiger partial charge is 0.406 e. The zero-order valence-corrected chi connectivity index (χ0v) is 12.1. The Bertz CT molecular complexity index is 645. The molecule has 7 heteroatoms. The predicted molar refractivity (Wildman–Crippen MR) is 73.3 cm³/mol. The Morgan fingerprint density at radius 2 is 1.76 bits per heavy atom.